The molecule has 0 aliphatic carbocycles. The van der Waals surface area contributed by atoms with Gasteiger partial charge in [-0.05, 0) is 56.5 Å². The Bertz CT molecular complexity index is 1280. The Morgan fingerprint density at radius 2 is 1.84 bits per heavy atom. The zero-order chi connectivity index (χ0) is 26.3. The number of hydrogen-bond donors (Lipinski definition) is 0. The fourth-order valence-corrected chi connectivity index (χ4v) is 5.73. The van der Waals surface area contributed by atoms with Crippen LogP contribution in [0, 0.1) is 0 Å². The van der Waals surface area contributed by atoms with Crippen LogP contribution < -0.4 is 4.90 Å². The van der Waals surface area contributed by atoms with Gasteiger partial charge in [-0.1, -0.05) is 24.3 Å². The summed E-state index contributed by atoms with van der Waals surface area (Å²) < 4.78 is 28.4. The third kappa shape index (κ3) is 4.85. The van der Waals surface area contributed by atoms with Crippen molar-refractivity contribution < 1.29 is 18.7 Å². The highest BCUT2D eigenvalue weighted by Crippen LogP contribution is 2.37. The lowest BCUT2D eigenvalue weighted by Gasteiger charge is -2.39. The minimum atomic E-state index is -1.30. The van der Waals surface area contributed by atoms with Crippen molar-refractivity contribution in [3.63, 3.8) is 0 Å². The smallest absolute Gasteiger partial charge is 0.410 e. The van der Waals surface area contributed by atoms with Crippen LogP contribution in [-0.2, 0) is 15.1 Å². The highest BCUT2D eigenvalue weighted by atomic mass is 19.1. The van der Waals surface area contributed by atoms with Crippen molar-refractivity contribution in [3.05, 3.63) is 54.4 Å². The fourth-order valence-electron chi connectivity index (χ4n) is 5.73. The van der Waals surface area contributed by atoms with E-state index in [-0.39, 0.29) is 12.2 Å². The number of fused-ring (bicyclic) bond motifs is 1. The van der Waals surface area contributed by atoms with Crippen LogP contribution in [0.25, 0.3) is 16.6 Å². The molecule has 0 N–H and O–H groups in total. The van der Waals surface area contributed by atoms with Gasteiger partial charge < -0.3 is 19.3 Å². The number of ether oxygens (including phenoxy) is 2. The molecule has 1 aromatic carbocycles. The molecule has 1 amide bonds. The lowest BCUT2D eigenvalue weighted by Crippen LogP contribution is -2.51. The molecule has 2 aromatic heterocycles. The lowest BCUT2D eigenvalue weighted by atomic mass is 9.86. The van der Waals surface area contributed by atoms with Crippen LogP contribution in [0.4, 0.5) is 14.9 Å². The van der Waals surface area contributed by atoms with Crippen LogP contribution in [0.2, 0.25) is 0 Å². The molecule has 0 bridgehead atoms. The molecule has 5 heterocycles. The number of likely N-dealkylation sites (tertiary alicyclic amines) is 1. The number of piperazine rings is 1. The van der Waals surface area contributed by atoms with Crippen LogP contribution in [-0.4, -0.2) is 90.1 Å². The number of nitrogens with zero attached hydrogens (tertiary/aromatic N) is 5. The molecule has 0 radical (unpaired) electrons. The zero-order valence-electron chi connectivity index (χ0n) is 22.2. The number of carbonyl (C=O) groups excluding carboxylic acids is 1. The summed E-state index contributed by atoms with van der Waals surface area (Å²) in [4.78, 5) is 18.7. The largest absolute Gasteiger partial charge is 0.441 e. The van der Waals surface area contributed by atoms with Gasteiger partial charge in [0, 0.05) is 56.7 Å². The quantitative estimate of drug-likeness (QED) is 0.498. The average molecular weight is 522 g/mol. The van der Waals surface area contributed by atoms with E-state index >= 15 is 4.39 Å². The molecule has 8 nitrogen and oxygen atoms in total. The number of anilines is 1. The highest BCUT2D eigenvalue weighted by molar-refractivity contribution is 5.80. The molecule has 3 aliphatic heterocycles. The van der Waals surface area contributed by atoms with E-state index in [1.165, 1.54) is 0 Å². The van der Waals surface area contributed by atoms with Crippen LogP contribution in [0.3, 0.4) is 0 Å². The first kappa shape index (κ1) is 25.1. The average Bonchev–Trinajstić information content (AvgIpc) is 3.35. The molecule has 3 saturated heterocycles. The highest BCUT2D eigenvalue weighted by Gasteiger charge is 2.38. The first-order valence-electron chi connectivity index (χ1n) is 13.7. The predicted molar refractivity (Wildman–Crippen MR) is 144 cm³/mol. The van der Waals surface area contributed by atoms with Crippen LogP contribution in [0.5, 0.6) is 0 Å². The molecule has 1 atom stereocenters. The molecule has 0 saturated carbocycles. The number of piperidine rings is 1. The molecule has 3 aliphatic rings. The van der Waals surface area contributed by atoms with Gasteiger partial charge in [-0.15, -0.1) is 0 Å². The maximum atomic E-state index is 15.9. The first-order valence-corrected chi connectivity index (χ1v) is 13.7. The summed E-state index contributed by atoms with van der Waals surface area (Å²) in [6.07, 6.45) is 4.91. The van der Waals surface area contributed by atoms with E-state index in [0.29, 0.717) is 45.3 Å². The van der Waals surface area contributed by atoms with Gasteiger partial charge in [0.15, 0.2) is 6.10 Å². The van der Waals surface area contributed by atoms with Crippen molar-refractivity contribution in [1.29, 1.82) is 0 Å². The van der Waals surface area contributed by atoms with Crippen molar-refractivity contribution in [2.75, 3.05) is 57.4 Å². The Labute approximate surface area is 222 Å². The Morgan fingerprint density at radius 1 is 1.08 bits per heavy atom. The van der Waals surface area contributed by atoms with Crippen molar-refractivity contribution in [2.45, 2.75) is 44.5 Å². The molecule has 0 spiro atoms. The number of amides is 1. The second-order valence-electron chi connectivity index (χ2n) is 11.0. The van der Waals surface area contributed by atoms with E-state index in [0.717, 1.165) is 53.9 Å². The van der Waals surface area contributed by atoms with E-state index in [2.05, 4.69) is 34.8 Å². The third-order valence-electron chi connectivity index (χ3n) is 8.18. The second kappa shape index (κ2) is 10.2. The van der Waals surface area contributed by atoms with E-state index in [4.69, 9.17) is 9.47 Å². The standard InChI is InChI=1S/C29H36FN5O3/c1-21(2)34-11-3-9-29(30,20-34)24-6-4-22(5-7-24)23-16-27-26(8-10-31-35(27)17-23)32-12-14-33(15-13-32)28(36)38-25-18-37-19-25/h4-8,10,16-17,21,25H,3,9,11-15,18-20H2,1-2H3. The summed E-state index contributed by atoms with van der Waals surface area (Å²) in [6, 6.07) is 12.5. The topological polar surface area (TPSA) is 62.5 Å². The van der Waals surface area contributed by atoms with E-state index in [1.807, 2.05) is 47.2 Å². The number of alkyl halides is 1. The van der Waals surface area contributed by atoms with Crippen LogP contribution in [0.15, 0.2) is 48.8 Å². The lowest BCUT2D eigenvalue weighted by molar-refractivity contribution is -0.104. The monoisotopic (exact) mass is 521 g/mol. The molecule has 3 aromatic rings. The van der Waals surface area contributed by atoms with Gasteiger partial charge in [-0.2, -0.15) is 5.10 Å². The van der Waals surface area contributed by atoms with Gasteiger partial charge in [0.2, 0.25) is 0 Å². The minimum Gasteiger partial charge on any atom is -0.441 e. The maximum Gasteiger partial charge on any atom is 0.410 e. The molecular weight excluding hydrogens is 485 g/mol. The van der Waals surface area contributed by atoms with Gasteiger partial charge in [-0.3, -0.25) is 4.90 Å². The first-order chi connectivity index (χ1) is 18.4. The third-order valence-corrected chi connectivity index (χ3v) is 8.18. The van der Waals surface area contributed by atoms with Crippen LogP contribution >= 0.6 is 0 Å². The SMILES string of the molecule is CC(C)N1CCCC(F)(c2ccc(-c3cc4c(N5CCN(C(=O)OC6COC6)CC5)ccnn4c3)cc2)C1. The molecule has 202 valence electrons. The van der Waals surface area contributed by atoms with Crippen molar-refractivity contribution in [3.8, 4) is 11.1 Å². The van der Waals surface area contributed by atoms with Gasteiger partial charge in [0.25, 0.3) is 0 Å². The number of aromatic nitrogens is 2. The number of hydrogen-bond acceptors (Lipinski definition) is 6. The molecule has 1 unspecified atom stereocenters. The predicted octanol–water partition coefficient (Wildman–Crippen LogP) is 4.33. The number of halogens is 1. The molecular formula is C29H36FN5O3. The molecule has 6 rings (SSSR count). The van der Waals surface area contributed by atoms with Gasteiger partial charge in [0.1, 0.15) is 5.67 Å². The second-order valence-corrected chi connectivity index (χ2v) is 11.0. The molecule has 3 fully saturated rings. The van der Waals surface area contributed by atoms with Crippen molar-refractivity contribution >= 4 is 17.3 Å². The fraction of sp³-hybridized carbons (Fsp3) is 0.517. The van der Waals surface area contributed by atoms with Gasteiger partial charge >= 0.3 is 6.09 Å². The Morgan fingerprint density at radius 3 is 2.53 bits per heavy atom. The van der Waals surface area contributed by atoms with Crippen LogP contribution in [0.1, 0.15) is 32.3 Å². The van der Waals surface area contributed by atoms with Crippen molar-refractivity contribution in [1.82, 2.24) is 19.4 Å². The maximum absolute atomic E-state index is 15.9. The summed E-state index contributed by atoms with van der Waals surface area (Å²) in [5, 5.41) is 4.53. The Hall–Kier alpha value is -3.17. The van der Waals surface area contributed by atoms with E-state index < -0.39 is 5.67 Å². The Balaban J connectivity index is 1.16. The van der Waals surface area contributed by atoms with E-state index in [1.54, 1.807) is 4.90 Å². The molecule has 38 heavy (non-hydrogen) atoms. The minimum absolute atomic E-state index is 0.110. The number of benzene rings is 1. The normalized spacial score (nSPS) is 23.2. The Kier molecular flexibility index (Phi) is 6.74. The summed E-state index contributed by atoms with van der Waals surface area (Å²) in [5.74, 6) is 0. The summed E-state index contributed by atoms with van der Waals surface area (Å²) >= 11 is 0. The number of rotatable bonds is 5. The zero-order valence-corrected chi connectivity index (χ0v) is 22.2. The number of carbonyl (C=O) groups is 1. The summed E-state index contributed by atoms with van der Waals surface area (Å²) in [6.45, 7) is 9.31. The summed E-state index contributed by atoms with van der Waals surface area (Å²) in [7, 11) is 0. The molecule has 9 heteroatoms. The summed E-state index contributed by atoms with van der Waals surface area (Å²) in [5.41, 5.74) is 3.63. The van der Waals surface area contributed by atoms with Crippen molar-refractivity contribution in [2.24, 2.45) is 0 Å². The van der Waals surface area contributed by atoms with Gasteiger partial charge in [0.05, 0.1) is 24.4 Å². The van der Waals surface area contributed by atoms with Gasteiger partial charge in [-0.25, -0.2) is 13.7 Å². The van der Waals surface area contributed by atoms with E-state index in [9.17, 15) is 4.79 Å².